The minimum Gasteiger partial charge on any atom is -0.299 e. The third-order valence-electron chi connectivity index (χ3n) is 4.22. The first-order chi connectivity index (χ1) is 8.79. The number of benzene rings is 1. The van der Waals surface area contributed by atoms with Gasteiger partial charge in [-0.15, -0.1) is 0 Å². The fourth-order valence-electron chi connectivity index (χ4n) is 3.12. The Hall–Kier alpha value is -1.11. The van der Waals surface area contributed by atoms with Gasteiger partial charge in [-0.1, -0.05) is 50.1 Å². The van der Waals surface area contributed by atoms with Gasteiger partial charge in [0, 0.05) is 12.3 Å². The van der Waals surface area contributed by atoms with E-state index in [-0.39, 0.29) is 0 Å². The molecule has 1 saturated carbocycles. The molecular weight excluding hydrogens is 220 g/mol. The van der Waals surface area contributed by atoms with Crippen molar-refractivity contribution >= 4 is 5.78 Å². The summed E-state index contributed by atoms with van der Waals surface area (Å²) in [5.41, 5.74) is 1.16. The molecule has 0 N–H and O–H groups in total. The first-order valence-electron chi connectivity index (χ1n) is 7.36. The van der Waals surface area contributed by atoms with Crippen LogP contribution in [0.5, 0.6) is 0 Å². The van der Waals surface area contributed by atoms with E-state index in [2.05, 4.69) is 19.1 Å². The predicted molar refractivity (Wildman–Crippen MR) is 75.5 cm³/mol. The minimum absolute atomic E-state index is 0.332. The zero-order chi connectivity index (χ0) is 12.8. The lowest BCUT2D eigenvalue weighted by Crippen LogP contribution is -2.23. The van der Waals surface area contributed by atoms with Crippen molar-refractivity contribution in [2.75, 3.05) is 0 Å². The summed E-state index contributed by atoms with van der Waals surface area (Å²) in [6.45, 7) is 2.26. The highest BCUT2D eigenvalue weighted by Crippen LogP contribution is 2.32. The van der Waals surface area contributed by atoms with Crippen molar-refractivity contribution in [1.82, 2.24) is 0 Å². The average molecular weight is 244 g/mol. The molecule has 0 atom stereocenters. The van der Waals surface area contributed by atoms with E-state index < -0.39 is 0 Å². The highest BCUT2D eigenvalue weighted by molar-refractivity contribution is 5.83. The van der Waals surface area contributed by atoms with Crippen LogP contribution >= 0.6 is 0 Å². The van der Waals surface area contributed by atoms with Gasteiger partial charge in [0.25, 0.3) is 0 Å². The molecule has 18 heavy (non-hydrogen) atoms. The molecule has 1 nitrogen and oxygen atoms in total. The summed E-state index contributed by atoms with van der Waals surface area (Å²) in [7, 11) is 0. The number of carbonyl (C=O) groups excluding carboxylic acids is 1. The molecule has 2 rings (SSSR count). The molecule has 98 valence electrons. The summed E-state index contributed by atoms with van der Waals surface area (Å²) in [6.07, 6.45) is 8.03. The van der Waals surface area contributed by atoms with Crippen molar-refractivity contribution in [3.8, 4) is 0 Å². The highest BCUT2D eigenvalue weighted by atomic mass is 16.1. The second kappa shape index (κ2) is 6.72. The lowest BCUT2D eigenvalue weighted by molar-refractivity contribution is -0.123. The summed E-state index contributed by atoms with van der Waals surface area (Å²) >= 11 is 0. The van der Waals surface area contributed by atoms with Crippen molar-refractivity contribution in [3.63, 3.8) is 0 Å². The fourth-order valence-corrected chi connectivity index (χ4v) is 3.12. The fraction of sp³-hybridized carbons (Fsp3) is 0.588. The third-order valence-corrected chi connectivity index (χ3v) is 4.22. The Morgan fingerprint density at radius 1 is 1.11 bits per heavy atom. The van der Waals surface area contributed by atoms with Crippen molar-refractivity contribution in [3.05, 3.63) is 35.9 Å². The van der Waals surface area contributed by atoms with Crippen LogP contribution in [0.3, 0.4) is 0 Å². The number of hydrogen-bond acceptors (Lipinski definition) is 1. The van der Waals surface area contributed by atoms with E-state index in [1.165, 1.54) is 25.7 Å². The molecule has 0 spiro atoms. The van der Waals surface area contributed by atoms with E-state index in [4.69, 9.17) is 0 Å². The van der Waals surface area contributed by atoms with Gasteiger partial charge in [0.05, 0.1) is 0 Å². The van der Waals surface area contributed by atoms with E-state index in [1.54, 1.807) is 0 Å². The van der Waals surface area contributed by atoms with E-state index >= 15 is 0 Å². The molecule has 0 bridgehead atoms. The molecule has 1 aliphatic carbocycles. The van der Waals surface area contributed by atoms with Crippen molar-refractivity contribution in [1.29, 1.82) is 0 Å². The van der Waals surface area contributed by atoms with Crippen LogP contribution in [0.2, 0.25) is 0 Å². The molecule has 0 aromatic heterocycles. The number of Topliss-reactive ketones (excluding diaryl/α,β-unsaturated/α-hetero) is 1. The lowest BCUT2D eigenvalue weighted by atomic mass is 9.77. The van der Waals surface area contributed by atoms with Gasteiger partial charge in [0.15, 0.2) is 0 Å². The molecule has 0 saturated heterocycles. The molecule has 1 heteroatoms. The number of carbonyl (C=O) groups is 1. The van der Waals surface area contributed by atoms with E-state index in [0.717, 1.165) is 24.3 Å². The topological polar surface area (TPSA) is 17.1 Å². The number of rotatable bonds is 5. The Morgan fingerprint density at radius 3 is 2.39 bits per heavy atom. The predicted octanol–water partition coefficient (Wildman–Crippen LogP) is 4.40. The van der Waals surface area contributed by atoms with Gasteiger partial charge in [-0.2, -0.15) is 0 Å². The summed E-state index contributed by atoms with van der Waals surface area (Å²) < 4.78 is 0. The standard InChI is InChI=1S/C17H24O/c1-2-6-14-9-11-16(12-10-14)17(18)13-15-7-4-3-5-8-15/h3-5,7-8,14,16H,2,6,9-13H2,1H3. The van der Waals surface area contributed by atoms with Crippen LogP contribution in [0, 0.1) is 11.8 Å². The maximum atomic E-state index is 12.2. The Labute approximate surface area is 111 Å². The van der Waals surface area contributed by atoms with Gasteiger partial charge in [-0.25, -0.2) is 0 Å². The van der Waals surface area contributed by atoms with Crippen molar-refractivity contribution in [2.24, 2.45) is 11.8 Å². The molecule has 1 aromatic rings. The third kappa shape index (κ3) is 3.69. The highest BCUT2D eigenvalue weighted by Gasteiger charge is 2.25. The van der Waals surface area contributed by atoms with Gasteiger partial charge in [0.1, 0.15) is 5.78 Å². The number of hydrogen-bond donors (Lipinski definition) is 0. The average Bonchev–Trinajstić information content (AvgIpc) is 2.41. The van der Waals surface area contributed by atoms with Crippen LogP contribution in [-0.2, 0) is 11.2 Å². The molecule has 0 amide bonds. The SMILES string of the molecule is CCCC1CCC(C(=O)Cc2ccccc2)CC1. The second-order valence-corrected chi connectivity index (χ2v) is 5.64. The maximum absolute atomic E-state index is 12.2. The van der Waals surface area contributed by atoms with Gasteiger partial charge >= 0.3 is 0 Å². The summed E-state index contributed by atoms with van der Waals surface area (Å²) in [5, 5.41) is 0. The summed E-state index contributed by atoms with van der Waals surface area (Å²) in [6, 6.07) is 10.1. The molecule has 0 aliphatic heterocycles. The van der Waals surface area contributed by atoms with Gasteiger partial charge in [-0.05, 0) is 37.2 Å². The lowest BCUT2D eigenvalue weighted by Gasteiger charge is -2.27. The molecule has 0 heterocycles. The van der Waals surface area contributed by atoms with E-state index in [9.17, 15) is 4.79 Å². The van der Waals surface area contributed by atoms with Crippen LogP contribution in [0.15, 0.2) is 30.3 Å². The van der Waals surface area contributed by atoms with Gasteiger partial charge < -0.3 is 0 Å². The normalized spacial score (nSPS) is 23.8. The Kier molecular flexibility index (Phi) is 4.98. The Balaban J connectivity index is 1.81. The minimum atomic E-state index is 0.332. The Bertz CT molecular complexity index is 360. The molecular formula is C17H24O. The Morgan fingerprint density at radius 2 is 1.78 bits per heavy atom. The first kappa shape index (κ1) is 13.3. The molecule has 0 unspecified atom stereocenters. The van der Waals surface area contributed by atoms with Crippen LogP contribution in [-0.4, -0.2) is 5.78 Å². The maximum Gasteiger partial charge on any atom is 0.140 e. The molecule has 1 aliphatic rings. The second-order valence-electron chi connectivity index (χ2n) is 5.64. The van der Waals surface area contributed by atoms with Crippen LogP contribution in [0.4, 0.5) is 0 Å². The number of ketones is 1. The van der Waals surface area contributed by atoms with Crippen LogP contribution in [0.25, 0.3) is 0 Å². The molecule has 1 aromatic carbocycles. The molecule has 1 fully saturated rings. The van der Waals surface area contributed by atoms with Gasteiger partial charge in [0.2, 0.25) is 0 Å². The quantitative estimate of drug-likeness (QED) is 0.750. The smallest absolute Gasteiger partial charge is 0.140 e. The van der Waals surface area contributed by atoms with Crippen LogP contribution < -0.4 is 0 Å². The van der Waals surface area contributed by atoms with Crippen molar-refractivity contribution < 1.29 is 4.79 Å². The summed E-state index contributed by atoms with van der Waals surface area (Å²) in [4.78, 5) is 12.2. The zero-order valence-corrected chi connectivity index (χ0v) is 11.4. The monoisotopic (exact) mass is 244 g/mol. The largest absolute Gasteiger partial charge is 0.299 e. The van der Waals surface area contributed by atoms with E-state index in [0.29, 0.717) is 18.1 Å². The zero-order valence-electron chi connectivity index (χ0n) is 11.4. The van der Waals surface area contributed by atoms with Crippen LogP contribution in [0.1, 0.15) is 51.0 Å². The summed E-state index contributed by atoms with van der Waals surface area (Å²) in [5.74, 6) is 1.67. The molecule has 0 radical (unpaired) electrons. The van der Waals surface area contributed by atoms with E-state index in [1.807, 2.05) is 18.2 Å². The van der Waals surface area contributed by atoms with Crippen molar-refractivity contribution in [2.45, 2.75) is 51.9 Å². The van der Waals surface area contributed by atoms with Gasteiger partial charge in [-0.3, -0.25) is 4.79 Å². The first-order valence-corrected chi connectivity index (χ1v) is 7.36.